The number of ether oxygens (including phenoxy) is 2. The van der Waals surface area contributed by atoms with Gasteiger partial charge in [-0.3, -0.25) is 0 Å². The lowest BCUT2D eigenvalue weighted by Gasteiger charge is -2.19. The normalized spacial score (nSPS) is 13.7. The van der Waals surface area contributed by atoms with Gasteiger partial charge in [0.25, 0.3) is 0 Å². The van der Waals surface area contributed by atoms with Crippen LogP contribution in [0.5, 0.6) is 5.75 Å². The third-order valence-corrected chi connectivity index (χ3v) is 3.80. The molecule has 5 heteroatoms. The monoisotopic (exact) mass is 312 g/mol. The topological polar surface area (TPSA) is 64.8 Å². The summed E-state index contributed by atoms with van der Waals surface area (Å²) >= 11 is 0. The van der Waals surface area contributed by atoms with Crippen LogP contribution in [0.2, 0.25) is 0 Å². The van der Waals surface area contributed by atoms with E-state index in [1.807, 2.05) is 48.5 Å². The predicted octanol–water partition coefficient (Wildman–Crippen LogP) is 2.68. The number of nitrogens with zero attached hydrogens (tertiary/aromatic N) is 1. The number of carbonyl (C=O) groups excluding carboxylic acids is 1. The van der Waals surface area contributed by atoms with Gasteiger partial charge in [0.1, 0.15) is 19.0 Å². The first-order chi connectivity index (χ1) is 11.3. The molecule has 23 heavy (non-hydrogen) atoms. The van der Waals surface area contributed by atoms with Gasteiger partial charge in [-0.2, -0.15) is 0 Å². The summed E-state index contributed by atoms with van der Waals surface area (Å²) in [5, 5.41) is 0. The van der Waals surface area contributed by atoms with Gasteiger partial charge in [-0.05, 0) is 23.3 Å². The fourth-order valence-corrected chi connectivity index (χ4v) is 2.54. The molecule has 0 unspecified atom stereocenters. The molecule has 0 radical (unpaired) electrons. The van der Waals surface area contributed by atoms with E-state index in [-0.39, 0.29) is 12.7 Å². The Kier molecular flexibility index (Phi) is 4.78. The number of fused-ring (bicyclic) bond motifs is 1. The number of amides is 1. The van der Waals surface area contributed by atoms with E-state index in [2.05, 4.69) is 0 Å². The van der Waals surface area contributed by atoms with Crippen LogP contribution in [-0.4, -0.2) is 24.1 Å². The van der Waals surface area contributed by atoms with Crippen molar-refractivity contribution in [2.75, 3.05) is 13.2 Å². The molecular formula is C18H20N2O3. The lowest BCUT2D eigenvalue weighted by Crippen LogP contribution is -2.32. The molecule has 5 nitrogen and oxygen atoms in total. The molecule has 0 saturated heterocycles. The van der Waals surface area contributed by atoms with E-state index in [0.717, 1.165) is 22.4 Å². The molecule has 1 aliphatic heterocycles. The van der Waals surface area contributed by atoms with Gasteiger partial charge in [0.15, 0.2) is 0 Å². The molecule has 0 saturated carbocycles. The molecule has 2 N–H and O–H groups in total. The number of nitrogens with two attached hydrogens (primary N) is 1. The summed E-state index contributed by atoms with van der Waals surface area (Å²) in [5.74, 6) is 0.806. The van der Waals surface area contributed by atoms with Crippen LogP contribution in [0.4, 0.5) is 4.79 Å². The first kappa shape index (κ1) is 15.4. The highest BCUT2D eigenvalue weighted by molar-refractivity contribution is 5.68. The zero-order chi connectivity index (χ0) is 16.1. The number of rotatable bonds is 3. The van der Waals surface area contributed by atoms with Crippen molar-refractivity contribution in [3.63, 3.8) is 0 Å². The number of benzene rings is 2. The van der Waals surface area contributed by atoms with E-state index < -0.39 is 0 Å². The first-order valence-corrected chi connectivity index (χ1v) is 7.66. The highest BCUT2D eigenvalue weighted by atomic mass is 16.6. The van der Waals surface area contributed by atoms with Gasteiger partial charge in [-0.15, -0.1) is 0 Å². The van der Waals surface area contributed by atoms with Crippen LogP contribution < -0.4 is 10.5 Å². The Labute approximate surface area is 135 Å². The largest absolute Gasteiger partial charge is 0.491 e. The van der Waals surface area contributed by atoms with Gasteiger partial charge in [-0.1, -0.05) is 36.4 Å². The molecule has 0 fully saturated rings. The number of hydrogen-bond acceptors (Lipinski definition) is 4. The van der Waals surface area contributed by atoms with E-state index >= 15 is 0 Å². The van der Waals surface area contributed by atoms with Gasteiger partial charge in [0.05, 0.1) is 13.1 Å². The fraction of sp³-hybridized carbons (Fsp3) is 0.278. The number of carbonyl (C=O) groups is 1. The zero-order valence-corrected chi connectivity index (χ0v) is 12.9. The summed E-state index contributed by atoms with van der Waals surface area (Å²) < 4.78 is 11.1. The molecule has 0 aromatic heterocycles. The molecule has 0 bridgehead atoms. The zero-order valence-electron chi connectivity index (χ0n) is 12.9. The fourth-order valence-electron chi connectivity index (χ4n) is 2.54. The second-order valence-corrected chi connectivity index (χ2v) is 5.46. The van der Waals surface area contributed by atoms with E-state index in [1.54, 1.807) is 4.90 Å². The maximum Gasteiger partial charge on any atom is 0.410 e. The lowest BCUT2D eigenvalue weighted by atomic mass is 10.1. The van der Waals surface area contributed by atoms with Crippen LogP contribution in [0.15, 0.2) is 48.5 Å². The van der Waals surface area contributed by atoms with Crippen molar-refractivity contribution in [3.8, 4) is 5.75 Å². The Hall–Kier alpha value is -2.53. The third kappa shape index (κ3) is 3.81. The van der Waals surface area contributed by atoms with Crippen molar-refractivity contribution < 1.29 is 14.3 Å². The smallest absolute Gasteiger partial charge is 0.410 e. The maximum atomic E-state index is 12.3. The van der Waals surface area contributed by atoms with Gasteiger partial charge in [0.2, 0.25) is 0 Å². The van der Waals surface area contributed by atoms with E-state index in [4.69, 9.17) is 15.2 Å². The molecule has 0 spiro atoms. The quantitative estimate of drug-likeness (QED) is 0.946. The van der Waals surface area contributed by atoms with Crippen molar-refractivity contribution in [2.45, 2.75) is 19.7 Å². The summed E-state index contributed by atoms with van der Waals surface area (Å²) in [5.41, 5.74) is 8.63. The van der Waals surface area contributed by atoms with Crippen molar-refractivity contribution in [3.05, 3.63) is 65.2 Å². The SMILES string of the molecule is NCc1ccc2c(c1)CN(C(=O)OCc1ccccc1)CCO2. The van der Waals surface area contributed by atoms with Gasteiger partial charge in [0, 0.05) is 12.1 Å². The summed E-state index contributed by atoms with van der Waals surface area (Å²) in [6.07, 6.45) is -0.330. The second-order valence-electron chi connectivity index (χ2n) is 5.46. The van der Waals surface area contributed by atoms with E-state index in [1.165, 1.54) is 0 Å². The van der Waals surface area contributed by atoms with Crippen molar-refractivity contribution in [1.82, 2.24) is 4.90 Å². The van der Waals surface area contributed by atoms with Gasteiger partial charge < -0.3 is 20.1 Å². The Balaban J connectivity index is 1.66. The van der Waals surface area contributed by atoms with Crippen molar-refractivity contribution in [1.29, 1.82) is 0 Å². The molecule has 120 valence electrons. The summed E-state index contributed by atoms with van der Waals surface area (Å²) in [6, 6.07) is 15.5. The molecule has 1 aliphatic rings. The minimum absolute atomic E-state index is 0.271. The van der Waals surface area contributed by atoms with Crippen LogP contribution in [-0.2, 0) is 24.4 Å². The number of hydrogen-bond donors (Lipinski definition) is 1. The molecule has 1 amide bonds. The van der Waals surface area contributed by atoms with Crippen LogP contribution in [0, 0.1) is 0 Å². The Morgan fingerprint density at radius 3 is 2.78 bits per heavy atom. The molecule has 0 aliphatic carbocycles. The molecular weight excluding hydrogens is 292 g/mol. The Morgan fingerprint density at radius 2 is 2.00 bits per heavy atom. The average Bonchev–Trinajstić information content (AvgIpc) is 2.82. The molecule has 2 aromatic carbocycles. The van der Waals surface area contributed by atoms with Crippen LogP contribution in [0.3, 0.4) is 0 Å². The summed E-state index contributed by atoms with van der Waals surface area (Å²) in [7, 11) is 0. The maximum absolute atomic E-state index is 12.3. The van der Waals surface area contributed by atoms with Gasteiger partial charge in [-0.25, -0.2) is 4.79 Å². The highest BCUT2D eigenvalue weighted by Crippen LogP contribution is 2.24. The average molecular weight is 312 g/mol. The molecule has 0 atom stereocenters. The molecule has 3 rings (SSSR count). The van der Waals surface area contributed by atoms with Crippen LogP contribution in [0.1, 0.15) is 16.7 Å². The summed E-state index contributed by atoms with van der Waals surface area (Å²) in [6.45, 7) is 2.16. The standard InChI is InChI=1S/C18H20N2O3/c19-11-15-6-7-17-16(10-15)12-20(8-9-22-17)18(21)23-13-14-4-2-1-3-5-14/h1-7,10H,8-9,11-13,19H2. The van der Waals surface area contributed by atoms with Gasteiger partial charge >= 0.3 is 6.09 Å². The van der Waals surface area contributed by atoms with Crippen LogP contribution in [0.25, 0.3) is 0 Å². The highest BCUT2D eigenvalue weighted by Gasteiger charge is 2.21. The minimum atomic E-state index is -0.330. The first-order valence-electron chi connectivity index (χ1n) is 7.66. The van der Waals surface area contributed by atoms with E-state index in [9.17, 15) is 4.79 Å². The van der Waals surface area contributed by atoms with Crippen molar-refractivity contribution >= 4 is 6.09 Å². The van der Waals surface area contributed by atoms with Crippen molar-refractivity contribution in [2.24, 2.45) is 5.73 Å². The summed E-state index contributed by atoms with van der Waals surface area (Å²) in [4.78, 5) is 14.0. The Morgan fingerprint density at radius 1 is 1.17 bits per heavy atom. The lowest BCUT2D eigenvalue weighted by molar-refractivity contribution is 0.0913. The third-order valence-electron chi connectivity index (χ3n) is 3.80. The second kappa shape index (κ2) is 7.15. The predicted molar refractivity (Wildman–Crippen MR) is 86.9 cm³/mol. The molecule has 2 aromatic rings. The van der Waals surface area contributed by atoms with Crippen LogP contribution >= 0.6 is 0 Å². The molecule has 1 heterocycles. The minimum Gasteiger partial charge on any atom is -0.491 e. The van der Waals surface area contributed by atoms with E-state index in [0.29, 0.717) is 26.2 Å². The Bertz CT molecular complexity index is 673.